The van der Waals surface area contributed by atoms with E-state index >= 15 is 0 Å². The van der Waals surface area contributed by atoms with Crippen LogP contribution in [-0.4, -0.2) is 31.8 Å². The van der Waals surface area contributed by atoms with E-state index in [1.54, 1.807) is 21.5 Å². The van der Waals surface area contributed by atoms with Gasteiger partial charge < -0.3 is 4.74 Å². The average Bonchev–Trinajstić information content (AvgIpc) is 3.27. The zero-order valence-electron chi connectivity index (χ0n) is 14.4. The van der Waals surface area contributed by atoms with Crippen LogP contribution in [0.25, 0.3) is 16.6 Å². The molecule has 3 heterocycles. The molecule has 0 aliphatic heterocycles. The molecular formula is C18H19N5O2. The molecule has 0 aliphatic rings. The number of nitrogens with zero attached hydrogens (tertiary/aromatic N) is 5. The number of rotatable bonds is 6. The zero-order valence-corrected chi connectivity index (χ0v) is 14.4. The standard InChI is InChI=1S/C18H19N5O2/c1-4-17(24)15-6-7-16-18(13(8-19)9-21-23(15)16)14-10-20-22(11-14)12(3)25-5-2/h6-7,9-12H,4-5H2,1-3H3. The molecule has 0 spiro atoms. The summed E-state index contributed by atoms with van der Waals surface area (Å²) in [5.41, 5.74) is 3.15. The van der Waals surface area contributed by atoms with Gasteiger partial charge in [-0.15, -0.1) is 0 Å². The number of hydrogen-bond donors (Lipinski definition) is 0. The molecule has 3 aromatic heterocycles. The van der Waals surface area contributed by atoms with Gasteiger partial charge in [0.2, 0.25) is 0 Å². The highest BCUT2D eigenvalue weighted by Gasteiger charge is 2.18. The summed E-state index contributed by atoms with van der Waals surface area (Å²) in [7, 11) is 0. The van der Waals surface area contributed by atoms with Gasteiger partial charge in [0.1, 0.15) is 18.0 Å². The first-order valence-corrected chi connectivity index (χ1v) is 8.20. The molecular weight excluding hydrogens is 318 g/mol. The quantitative estimate of drug-likeness (QED) is 0.645. The second-order valence-corrected chi connectivity index (χ2v) is 5.60. The van der Waals surface area contributed by atoms with Gasteiger partial charge >= 0.3 is 0 Å². The molecule has 0 fully saturated rings. The van der Waals surface area contributed by atoms with Gasteiger partial charge in [0.05, 0.1) is 23.5 Å². The molecule has 0 saturated carbocycles. The maximum atomic E-state index is 12.1. The summed E-state index contributed by atoms with van der Waals surface area (Å²) in [6.07, 6.45) is 5.21. The van der Waals surface area contributed by atoms with Crippen molar-refractivity contribution in [2.24, 2.45) is 0 Å². The topological polar surface area (TPSA) is 85.2 Å². The van der Waals surface area contributed by atoms with Gasteiger partial charge in [-0.3, -0.25) is 4.79 Å². The van der Waals surface area contributed by atoms with Crippen LogP contribution >= 0.6 is 0 Å². The van der Waals surface area contributed by atoms with E-state index < -0.39 is 0 Å². The van der Waals surface area contributed by atoms with Crippen LogP contribution in [0.4, 0.5) is 0 Å². The minimum absolute atomic E-state index is 0.00354. The van der Waals surface area contributed by atoms with Crippen LogP contribution in [0, 0.1) is 11.3 Å². The fourth-order valence-corrected chi connectivity index (χ4v) is 2.82. The predicted molar refractivity (Wildman–Crippen MR) is 92.1 cm³/mol. The summed E-state index contributed by atoms with van der Waals surface area (Å²) >= 11 is 0. The number of hydrogen-bond acceptors (Lipinski definition) is 5. The number of fused-ring (bicyclic) bond motifs is 1. The van der Waals surface area contributed by atoms with Crippen molar-refractivity contribution in [1.29, 1.82) is 5.26 Å². The van der Waals surface area contributed by atoms with E-state index in [9.17, 15) is 10.1 Å². The number of carbonyl (C=O) groups excluding carboxylic acids is 1. The maximum Gasteiger partial charge on any atom is 0.180 e. The van der Waals surface area contributed by atoms with Gasteiger partial charge in [-0.05, 0) is 26.0 Å². The molecule has 0 saturated heterocycles. The van der Waals surface area contributed by atoms with Crippen molar-refractivity contribution in [1.82, 2.24) is 19.4 Å². The molecule has 0 amide bonds. The van der Waals surface area contributed by atoms with Crippen LogP contribution in [-0.2, 0) is 4.74 Å². The number of aromatic nitrogens is 4. The molecule has 7 nitrogen and oxygen atoms in total. The first-order chi connectivity index (χ1) is 12.1. The Balaban J connectivity index is 2.16. The van der Waals surface area contributed by atoms with E-state index in [1.165, 1.54) is 6.20 Å². The Morgan fingerprint density at radius 3 is 2.80 bits per heavy atom. The van der Waals surface area contributed by atoms with Gasteiger partial charge in [-0.2, -0.15) is 15.5 Å². The Morgan fingerprint density at radius 2 is 2.12 bits per heavy atom. The van der Waals surface area contributed by atoms with Crippen molar-refractivity contribution in [3.05, 3.63) is 42.0 Å². The van der Waals surface area contributed by atoms with E-state index in [1.807, 2.05) is 33.0 Å². The van der Waals surface area contributed by atoms with Crippen LogP contribution < -0.4 is 0 Å². The van der Waals surface area contributed by atoms with E-state index in [-0.39, 0.29) is 12.0 Å². The van der Waals surface area contributed by atoms with Gasteiger partial charge in [0.15, 0.2) is 5.78 Å². The minimum Gasteiger partial charge on any atom is -0.357 e. The van der Waals surface area contributed by atoms with E-state index in [0.717, 1.165) is 5.56 Å². The summed E-state index contributed by atoms with van der Waals surface area (Å²) < 4.78 is 8.84. The van der Waals surface area contributed by atoms with Crippen molar-refractivity contribution < 1.29 is 9.53 Å². The van der Waals surface area contributed by atoms with E-state index in [4.69, 9.17) is 4.74 Å². The second-order valence-electron chi connectivity index (χ2n) is 5.60. The van der Waals surface area contributed by atoms with Crippen LogP contribution in [0.3, 0.4) is 0 Å². The molecule has 7 heteroatoms. The van der Waals surface area contributed by atoms with Crippen molar-refractivity contribution in [3.8, 4) is 17.2 Å². The van der Waals surface area contributed by atoms with Crippen molar-refractivity contribution in [2.45, 2.75) is 33.4 Å². The Bertz CT molecular complexity index is 964. The monoisotopic (exact) mass is 337 g/mol. The van der Waals surface area contributed by atoms with Crippen LogP contribution in [0.1, 0.15) is 49.5 Å². The van der Waals surface area contributed by atoms with Gasteiger partial charge in [0.25, 0.3) is 0 Å². The lowest BCUT2D eigenvalue weighted by Crippen LogP contribution is -2.09. The third-order valence-electron chi connectivity index (χ3n) is 4.08. The highest BCUT2D eigenvalue weighted by atomic mass is 16.5. The predicted octanol–water partition coefficient (Wildman–Crippen LogP) is 3.22. The minimum atomic E-state index is -0.203. The normalized spacial score (nSPS) is 12.2. The van der Waals surface area contributed by atoms with Crippen molar-refractivity contribution in [2.75, 3.05) is 6.61 Å². The van der Waals surface area contributed by atoms with Crippen molar-refractivity contribution >= 4 is 11.3 Å². The highest BCUT2D eigenvalue weighted by molar-refractivity contribution is 5.97. The molecule has 3 aromatic rings. The lowest BCUT2D eigenvalue weighted by molar-refractivity contribution is 0.0160. The van der Waals surface area contributed by atoms with Crippen molar-refractivity contribution in [3.63, 3.8) is 0 Å². The Kier molecular flexibility index (Phi) is 4.63. The zero-order chi connectivity index (χ0) is 18.0. The smallest absolute Gasteiger partial charge is 0.180 e. The summed E-state index contributed by atoms with van der Waals surface area (Å²) in [4.78, 5) is 12.1. The van der Waals surface area contributed by atoms with E-state index in [0.29, 0.717) is 35.4 Å². The Hall–Kier alpha value is -2.98. The molecule has 1 unspecified atom stereocenters. The molecule has 0 aliphatic carbocycles. The summed E-state index contributed by atoms with van der Waals surface area (Å²) in [5.74, 6) is 0.00354. The third-order valence-corrected chi connectivity index (χ3v) is 4.08. The summed E-state index contributed by atoms with van der Waals surface area (Å²) in [6, 6.07) is 5.73. The number of ketones is 1. The highest BCUT2D eigenvalue weighted by Crippen LogP contribution is 2.29. The number of nitriles is 1. The molecule has 25 heavy (non-hydrogen) atoms. The largest absolute Gasteiger partial charge is 0.357 e. The average molecular weight is 337 g/mol. The molecule has 0 N–H and O–H groups in total. The molecule has 0 bridgehead atoms. The van der Waals surface area contributed by atoms with Gasteiger partial charge in [-0.25, -0.2) is 9.20 Å². The van der Waals surface area contributed by atoms with Gasteiger partial charge in [0, 0.05) is 30.4 Å². The molecule has 128 valence electrons. The SMILES string of the molecule is CCOC(C)n1cc(-c2c(C#N)cnn3c(C(=O)CC)ccc23)cn1. The molecule has 3 rings (SSSR count). The fraction of sp³-hybridized carbons (Fsp3) is 0.333. The van der Waals surface area contributed by atoms with Crippen LogP contribution in [0.2, 0.25) is 0 Å². The third kappa shape index (κ3) is 2.92. The number of carbonyl (C=O) groups is 1. The lowest BCUT2D eigenvalue weighted by atomic mass is 10.1. The second kappa shape index (κ2) is 6.87. The maximum absolute atomic E-state index is 12.1. The molecule has 1 atom stereocenters. The molecule has 0 aromatic carbocycles. The first-order valence-electron chi connectivity index (χ1n) is 8.20. The molecule has 0 radical (unpaired) electrons. The Morgan fingerprint density at radius 1 is 1.32 bits per heavy atom. The fourth-order valence-electron chi connectivity index (χ4n) is 2.82. The van der Waals surface area contributed by atoms with E-state index in [2.05, 4.69) is 16.3 Å². The van der Waals surface area contributed by atoms with Crippen LogP contribution in [0.5, 0.6) is 0 Å². The first kappa shape index (κ1) is 16.9. The van der Waals surface area contributed by atoms with Crippen LogP contribution in [0.15, 0.2) is 30.7 Å². The number of ether oxygens (including phenoxy) is 1. The van der Waals surface area contributed by atoms with Gasteiger partial charge in [-0.1, -0.05) is 6.92 Å². The number of Topliss-reactive ketones (excluding diaryl/α,β-unsaturated/α-hetero) is 1. The summed E-state index contributed by atoms with van der Waals surface area (Å²) in [6.45, 7) is 6.23. The summed E-state index contributed by atoms with van der Waals surface area (Å²) in [5, 5.41) is 18.1. The Labute approximate surface area is 145 Å². The lowest BCUT2D eigenvalue weighted by Gasteiger charge is -2.11.